The first-order valence-electron chi connectivity index (χ1n) is 7.75. The van der Waals surface area contributed by atoms with E-state index >= 15 is 0 Å². The second kappa shape index (κ2) is 6.37. The van der Waals surface area contributed by atoms with Crippen LogP contribution in [0.15, 0.2) is 18.3 Å². The summed E-state index contributed by atoms with van der Waals surface area (Å²) < 4.78 is 20.3. The Balaban J connectivity index is 1.73. The predicted molar refractivity (Wildman–Crippen MR) is 81.9 cm³/mol. The number of carbonyl (C=O) groups is 1. The molecule has 0 aliphatic heterocycles. The number of methoxy groups -OCH3 is 1. The Morgan fingerprint density at radius 2 is 2.17 bits per heavy atom. The van der Waals surface area contributed by atoms with Crippen LogP contribution in [0.3, 0.4) is 0 Å². The van der Waals surface area contributed by atoms with Crippen molar-refractivity contribution in [3.8, 4) is 6.07 Å². The van der Waals surface area contributed by atoms with Crippen LogP contribution in [0.2, 0.25) is 0 Å². The molecule has 3 rings (SSSR count). The molecule has 0 radical (unpaired) electrons. The molecule has 120 valence electrons. The Bertz CT molecular complexity index is 770. The highest BCUT2D eigenvalue weighted by molar-refractivity contribution is 5.80. The van der Waals surface area contributed by atoms with E-state index in [9.17, 15) is 9.18 Å². The number of hydrogen-bond donors (Lipinski definition) is 0. The maximum Gasteiger partial charge on any atom is 0.308 e. The Labute approximate surface area is 133 Å². The number of fused-ring (bicyclic) bond motifs is 1. The van der Waals surface area contributed by atoms with Crippen molar-refractivity contribution in [2.45, 2.75) is 32.2 Å². The van der Waals surface area contributed by atoms with Gasteiger partial charge in [-0.25, -0.2) is 4.39 Å². The van der Waals surface area contributed by atoms with Gasteiger partial charge in [-0.1, -0.05) is 0 Å². The highest BCUT2D eigenvalue weighted by atomic mass is 19.1. The number of halogens is 1. The van der Waals surface area contributed by atoms with E-state index in [0.29, 0.717) is 17.8 Å². The molecule has 0 bridgehead atoms. The molecule has 0 amide bonds. The Hall–Kier alpha value is -2.42. The molecule has 0 spiro atoms. The number of hydrogen-bond acceptors (Lipinski definition) is 4. The summed E-state index contributed by atoms with van der Waals surface area (Å²) in [6, 6.07) is 4.77. The molecular weight excluding hydrogens is 297 g/mol. The van der Waals surface area contributed by atoms with Gasteiger partial charge < -0.3 is 4.74 Å². The number of benzene rings is 1. The van der Waals surface area contributed by atoms with Crippen molar-refractivity contribution in [3.63, 3.8) is 0 Å². The van der Waals surface area contributed by atoms with Crippen LogP contribution in [0.25, 0.3) is 10.9 Å². The van der Waals surface area contributed by atoms with Crippen molar-refractivity contribution < 1.29 is 13.9 Å². The molecule has 1 aliphatic rings. The van der Waals surface area contributed by atoms with E-state index in [0.717, 1.165) is 31.2 Å². The van der Waals surface area contributed by atoms with Crippen molar-refractivity contribution in [1.82, 2.24) is 9.78 Å². The van der Waals surface area contributed by atoms with E-state index in [1.54, 1.807) is 12.3 Å². The fourth-order valence-corrected chi connectivity index (χ4v) is 3.32. The fourth-order valence-electron chi connectivity index (χ4n) is 3.32. The SMILES string of the molecule is COC(=O)[C@H]1CC[C@H](Cn2ncc3cc(F)c(C#N)cc32)CC1. The number of esters is 1. The molecule has 1 aromatic carbocycles. The third kappa shape index (κ3) is 3.04. The number of nitriles is 1. The van der Waals surface area contributed by atoms with Gasteiger partial charge in [0, 0.05) is 11.9 Å². The quantitative estimate of drug-likeness (QED) is 0.817. The second-order valence-electron chi connectivity index (χ2n) is 6.07. The topological polar surface area (TPSA) is 67.9 Å². The highest BCUT2D eigenvalue weighted by Gasteiger charge is 2.27. The van der Waals surface area contributed by atoms with E-state index < -0.39 is 5.82 Å². The van der Waals surface area contributed by atoms with Crippen molar-refractivity contribution in [3.05, 3.63) is 29.7 Å². The van der Waals surface area contributed by atoms with Crippen LogP contribution in [0.4, 0.5) is 4.39 Å². The van der Waals surface area contributed by atoms with E-state index in [4.69, 9.17) is 10.00 Å². The Morgan fingerprint density at radius 3 is 2.83 bits per heavy atom. The minimum absolute atomic E-state index is 0.00454. The summed E-state index contributed by atoms with van der Waals surface area (Å²) in [5.74, 6) is -0.209. The van der Waals surface area contributed by atoms with Crippen molar-refractivity contribution >= 4 is 16.9 Å². The summed E-state index contributed by atoms with van der Waals surface area (Å²) >= 11 is 0. The van der Waals surface area contributed by atoms with Crippen LogP contribution in [0, 0.1) is 29.0 Å². The molecule has 1 fully saturated rings. The molecule has 1 heterocycles. The maximum atomic E-state index is 13.6. The Kier molecular flexibility index (Phi) is 4.28. The van der Waals surface area contributed by atoms with Crippen molar-refractivity contribution in [1.29, 1.82) is 5.26 Å². The first-order chi connectivity index (χ1) is 11.1. The zero-order chi connectivity index (χ0) is 16.4. The molecule has 2 aromatic rings. The van der Waals surface area contributed by atoms with Crippen LogP contribution in [-0.2, 0) is 16.1 Å². The standard InChI is InChI=1S/C17H18FN3O2/c1-23-17(22)12-4-2-11(3-5-12)10-21-16-7-13(8-19)15(18)6-14(16)9-20-21/h6-7,9,11-12H,2-5,10H2,1H3/t11-,12-. The van der Waals surface area contributed by atoms with Gasteiger partial charge in [0.1, 0.15) is 11.9 Å². The molecule has 1 aliphatic carbocycles. The third-order valence-electron chi connectivity index (χ3n) is 4.66. The lowest BCUT2D eigenvalue weighted by molar-refractivity contribution is -0.146. The van der Waals surface area contributed by atoms with Crippen molar-refractivity contribution in [2.75, 3.05) is 7.11 Å². The smallest absolute Gasteiger partial charge is 0.308 e. The normalized spacial score (nSPS) is 21.1. The molecule has 0 saturated heterocycles. The number of nitrogens with zero attached hydrogens (tertiary/aromatic N) is 3. The predicted octanol–water partition coefficient (Wildman–Crippen LogP) is 3.03. The molecular formula is C17H18FN3O2. The lowest BCUT2D eigenvalue weighted by Crippen LogP contribution is -2.25. The lowest BCUT2D eigenvalue weighted by atomic mass is 9.82. The summed E-state index contributed by atoms with van der Waals surface area (Å²) in [7, 11) is 1.43. The van der Waals surface area contributed by atoms with Gasteiger partial charge in [-0.15, -0.1) is 0 Å². The number of carbonyl (C=O) groups excluding carboxylic acids is 1. The van der Waals surface area contributed by atoms with E-state index in [2.05, 4.69) is 5.10 Å². The van der Waals surface area contributed by atoms with Crippen molar-refractivity contribution in [2.24, 2.45) is 11.8 Å². The minimum atomic E-state index is -0.516. The average molecular weight is 315 g/mol. The van der Waals surface area contributed by atoms with Crippen LogP contribution in [0.5, 0.6) is 0 Å². The monoisotopic (exact) mass is 315 g/mol. The molecule has 0 N–H and O–H groups in total. The lowest BCUT2D eigenvalue weighted by Gasteiger charge is -2.26. The minimum Gasteiger partial charge on any atom is -0.469 e. The summed E-state index contributed by atoms with van der Waals surface area (Å²) in [5.41, 5.74) is 0.812. The Morgan fingerprint density at radius 1 is 1.43 bits per heavy atom. The molecule has 0 atom stereocenters. The van der Waals surface area contributed by atoms with Gasteiger partial charge in [-0.3, -0.25) is 9.48 Å². The van der Waals surface area contributed by atoms with Gasteiger partial charge in [0.15, 0.2) is 0 Å². The molecule has 0 unspecified atom stereocenters. The summed E-state index contributed by atoms with van der Waals surface area (Å²) in [5, 5.41) is 14.0. The zero-order valence-electron chi connectivity index (χ0n) is 13.0. The first kappa shape index (κ1) is 15.5. The van der Waals surface area contributed by atoms with Crippen LogP contribution in [0.1, 0.15) is 31.2 Å². The first-order valence-corrected chi connectivity index (χ1v) is 7.75. The van der Waals surface area contributed by atoms with Crippen LogP contribution >= 0.6 is 0 Å². The largest absolute Gasteiger partial charge is 0.469 e. The zero-order valence-corrected chi connectivity index (χ0v) is 13.0. The van der Waals surface area contributed by atoms with Gasteiger partial charge in [-0.2, -0.15) is 10.4 Å². The molecule has 5 nitrogen and oxygen atoms in total. The van der Waals surface area contributed by atoms with E-state index in [-0.39, 0.29) is 17.5 Å². The average Bonchev–Trinajstić information content (AvgIpc) is 2.95. The number of aromatic nitrogens is 2. The van der Waals surface area contributed by atoms with Crippen LogP contribution < -0.4 is 0 Å². The van der Waals surface area contributed by atoms with Gasteiger partial charge in [-0.05, 0) is 43.7 Å². The fraction of sp³-hybridized carbons (Fsp3) is 0.471. The van der Waals surface area contributed by atoms with Gasteiger partial charge in [0.2, 0.25) is 0 Å². The second-order valence-corrected chi connectivity index (χ2v) is 6.07. The third-order valence-corrected chi connectivity index (χ3v) is 4.66. The van der Waals surface area contributed by atoms with Crippen LogP contribution in [-0.4, -0.2) is 22.9 Å². The summed E-state index contributed by atoms with van der Waals surface area (Å²) in [6.45, 7) is 0.716. The highest BCUT2D eigenvalue weighted by Crippen LogP contribution is 2.31. The summed E-state index contributed by atoms with van der Waals surface area (Å²) in [4.78, 5) is 11.6. The number of ether oxygens (including phenoxy) is 1. The van der Waals surface area contributed by atoms with E-state index in [1.807, 2.05) is 10.8 Å². The summed E-state index contributed by atoms with van der Waals surface area (Å²) in [6.07, 6.45) is 5.16. The maximum absolute atomic E-state index is 13.6. The molecule has 6 heteroatoms. The van der Waals surface area contributed by atoms with Gasteiger partial charge in [0.05, 0.1) is 30.3 Å². The molecule has 1 saturated carbocycles. The van der Waals surface area contributed by atoms with Gasteiger partial charge in [0.25, 0.3) is 0 Å². The molecule has 1 aromatic heterocycles. The van der Waals surface area contributed by atoms with E-state index in [1.165, 1.54) is 13.2 Å². The van der Waals surface area contributed by atoms with Gasteiger partial charge >= 0.3 is 5.97 Å². The molecule has 23 heavy (non-hydrogen) atoms. The number of rotatable bonds is 3.